The van der Waals surface area contributed by atoms with Crippen LogP contribution in [-0.4, -0.2) is 13.8 Å². The maximum absolute atomic E-state index is 9.67. The Balaban J connectivity index is 0.000000749. The molecule has 0 amide bonds. The summed E-state index contributed by atoms with van der Waals surface area (Å²) in [5, 5.41) is 0. The molecule has 0 atom stereocenters. The lowest BCUT2D eigenvalue weighted by molar-refractivity contribution is -0.342. The summed E-state index contributed by atoms with van der Waals surface area (Å²) in [6.45, 7) is 8.59. The van der Waals surface area contributed by atoms with E-state index in [4.69, 9.17) is 4.74 Å². The second kappa shape index (κ2) is 12.4. The van der Waals surface area contributed by atoms with Gasteiger partial charge in [0, 0.05) is 11.6 Å². The van der Waals surface area contributed by atoms with Gasteiger partial charge in [0.25, 0.3) is 0 Å². The van der Waals surface area contributed by atoms with Crippen molar-refractivity contribution >= 4 is 36.4 Å². The monoisotopic (exact) mass is 517 g/mol. The number of halogens is 4. The molecular weight excluding hydrogens is 489 g/mol. The van der Waals surface area contributed by atoms with E-state index in [9.17, 15) is 12.9 Å². The Hall–Kier alpha value is -4.13. The second-order valence-electron chi connectivity index (χ2n) is 9.08. The average Bonchev–Trinajstić information content (AvgIpc) is 3.29. The lowest BCUT2D eigenvalue weighted by atomic mass is 9.96. The van der Waals surface area contributed by atoms with Gasteiger partial charge in [-0.2, -0.15) is 0 Å². The Kier molecular flexibility index (Phi) is 9.29. The fraction of sp³-hybridized carbons (Fsp3) is 0.129. The third-order valence-electron chi connectivity index (χ3n) is 6.49. The summed E-state index contributed by atoms with van der Waals surface area (Å²) in [4.78, 5) is 3.34. The molecule has 2 aliphatic heterocycles. The van der Waals surface area contributed by atoms with Crippen LogP contribution in [0.1, 0.15) is 38.9 Å². The van der Waals surface area contributed by atoms with Crippen molar-refractivity contribution in [1.29, 1.82) is 0 Å². The molecule has 0 radical (unpaired) electrons. The quantitative estimate of drug-likeness (QED) is 0.412. The van der Waals surface area contributed by atoms with E-state index in [1.54, 1.807) is 0 Å². The Morgan fingerprint density at radius 1 is 0.737 bits per heavy atom. The molecular formula is C31H28BF4NO. The van der Waals surface area contributed by atoms with Crippen LogP contribution in [0.2, 0.25) is 0 Å². The zero-order valence-corrected chi connectivity index (χ0v) is 21.7. The van der Waals surface area contributed by atoms with Gasteiger partial charge in [-0.15, -0.1) is 0 Å². The first kappa shape index (κ1) is 28.4. The van der Waals surface area contributed by atoms with Crippen LogP contribution in [-0.2, 0) is 4.74 Å². The highest BCUT2D eigenvalue weighted by molar-refractivity contribution is 6.33. The first-order valence-electron chi connectivity index (χ1n) is 12.0. The predicted molar refractivity (Wildman–Crippen MR) is 147 cm³/mol. The molecule has 2 aliphatic rings. The summed E-state index contributed by atoms with van der Waals surface area (Å²) in [6, 6.07) is 21.5. The molecule has 0 fully saturated rings. The number of fused-ring (bicyclic) bond motifs is 1. The Morgan fingerprint density at radius 2 is 1.34 bits per heavy atom. The Bertz CT molecular complexity index is 1480. The molecule has 5 rings (SSSR count). The number of hydrogen-bond donors (Lipinski definition) is 1. The van der Waals surface area contributed by atoms with E-state index in [2.05, 4.69) is 112 Å². The van der Waals surface area contributed by atoms with Gasteiger partial charge in [0.2, 0.25) is 5.69 Å². The van der Waals surface area contributed by atoms with Gasteiger partial charge in [0.15, 0.2) is 6.21 Å². The molecule has 194 valence electrons. The Morgan fingerprint density at radius 3 is 2.00 bits per heavy atom. The average molecular weight is 517 g/mol. The van der Waals surface area contributed by atoms with E-state index in [1.165, 1.54) is 33.4 Å². The molecule has 2 nitrogen and oxygen atoms in total. The van der Waals surface area contributed by atoms with Crippen LogP contribution in [0.5, 0.6) is 0 Å². The highest BCUT2D eigenvalue weighted by Crippen LogP contribution is 2.33. The van der Waals surface area contributed by atoms with Crippen molar-refractivity contribution in [3.05, 3.63) is 130 Å². The molecule has 0 spiro atoms. The van der Waals surface area contributed by atoms with Crippen LogP contribution in [0.3, 0.4) is 0 Å². The number of para-hydroxylation sites is 1. The van der Waals surface area contributed by atoms with Crippen LogP contribution >= 0.6 is 0 Å². The zero-order valence-electron chi connectivity index (χ0n) is 21.7. The second-order valence-corrected chi connectivity index (χ2v) is 9.08. The van der Waals surface area contributed by atoms with E-state index in [1.807, 2.05) is 12.3 Å². The Labute approximate surface area is 221 Å². The van der Waals surface area contributed by atoms with Crippen LogP contribution in [0, 0.1) is 27.7 Å². The topological polar surface area (TPSA) is 23.2 Å². The minimum Gasteiger partial charge on any atom is -1.00 e. The van der Waals surface area contributed by atoms with Gasteiger partial charge in [-0.3, -0.25) is 12.9 Å². The molecule has 0 saturated carbocycles. The number of rotatable bonds is 3. The summed E-state index contributed by atoms with van der Waals surface area (Å²) in [5.74, 6) is 1.69. The van der Waals surface area contributed by atoms with Crippen molar-refractivity contribution in [2.24, 2.45) is 0 Å². The fourth-order valence-corrected chi connectivity index (χ4v) is 4.13. The molecule has 2 heterocycles. The lowest BCUT2D eigenvalue weighted by Crippen LogP contribution is -3.00. The molecule has 0 aliphatic carbocycles. The minimum atomic E-state index is -3.67. The molecule has 3 aromatic rings. The smallest absolute Gasteiger partial charge is 0.762 e. The molecule has 0 unspecified atom stereocenters. The first-order chi connectivity index (χ1) is 17.7. The number of nitrogens with one attached hydrogen (secondary N) is 1. The predicted octanol–water partition coefficient (Wildman–Crippen LogP) is 4.02. The largest absolute Gasteiger partial charge is 1.00 e. The van der Waals surface area contributed by atoms with E-state index in [0.717, 1.165) is 33.9 Å². The molecule has 7 heteroatoms. The summed E-state index contributed by atoms with van der Waals surface area (Å²) >= 11 is 0. The normalized spacial score (nSPS) is 15.6. The first-order valence-corrected chi connectivity index (χ1v) is 12.0. The van der Waals surface area contributed by atoms with E-state index < -0.39 is 7.54 Å². The van der Waals surface area contributed by atoms with Crippen molar-refractivity contribution in [3.63, 3.8) is 0 Å². The SMILES string of the molecule is Cc1ccc(C2=CC(=CC=C3C=[NH+]c4ccccc43)OC(c3ccc(C)c(C)c3)=C2)cc1C.FB(F)F.[F-]. The zero-order chi connectivity index (χ0) is 26.5. The summed E-state index contributed by atoms with van der Waals surface area (Å²) < 4.78 is 35.4. The van der Waals surface area contributed by atoms with Gasteiger partial charge in [-0.1, -0.05) is 42.5 Å². The molecule has 38 heavy (non-hydrogen) atoms. The van der Waals surface area contributed by atoms with Crippen molar-refractivity contribution in [1.82, 2.24) is 0 Å². The third kappa shape index (κ3) is 6.79. The van der Waals surface area contributed by atoms with Crippen molar-refractivity contribution in [2.75, 3.05) is 0 Å². The number of allylic oxidation sites excluding steroid dienone is 6. The van der Waals surface area contributed by atoms with E-state index in [-0.39, 0.29) is 4.70 Å². The van der Waals surface area contributed by atoms with Gasteiger partial charge < -0.3 is 9.44 Å². The fourth-order valence-electron chi connectivity index (χ4n) is 4.13. The third-order valence-corrected chi connectivity index (χ3v) is 6.49. The molecule has 0 aromatic heterocycles. The molecule has 0 bridgehead atoms. The van der Waals surface area contributed by atoms with Crippen LogP contribution in [0.4, 0.5) is 18.6 Å². The van der Waals surface area contributed by atoms with Crippen molar-refractivity contribution in [3.8, 4) is 0 Å². The van der Waals surface area contributed by atoms with Gasteiger partial charge in [0.1, 0.15) is 11.5 Å². The van der Waals surface area contributed by atoms with Crippen LogP contribution < -0.4 is 9.70 Å². The van der Waals surface area contributed by atoms with Crippen LogP contribution in [0.15, 0.2) is 90.7 Å². The summed E-state index contributed by atoms with van der Waals surface area (Å²) in [6.07, 6.45) is 10.5. The van der Waals surface area contributed by atoms with Crippen LogP contribution in [0.25, 0.3) is 16.9 Å². The molecule has 1 N–H and O–H groups in total. The number of hydrogen-bond acceptors (Lipinski definition) is 1. The maximum Gasteiger partial charge on any atom is 0.762 e. The highest BCUT2D eigenvalue weighted by atomic mass is 19.4. The van der Waals surface area contributed by atoms with E-state index in [0.29, 0.717) is 0 Å². The summed E-state index contributed by atoms with van der Waals surface area (Å²) in [7, 11) is -3.67. The molecule has 0 saturated heterocycles. The van der Waals surface area contributed by atoms with Gasteiger partial charge >= 0.3 is 7.54 Å². The highest BCUT2D eigenvalue weighted by Gasteiger charge is 2.18. The number of benzene rings is 3. The molecule has 3 aromatic carbocycles. The standard InChI is InChI=1S/C31H27NO.BF3.FH/c1-20-9-11-24(15-22(20)3)27-17-28(14-13-26-19-32-30-8-6-5-7-29(26)30)33-31(18-27)25-12-10-21(2)23(4)16-25;2-1(3)4;/h5-19H,1-4H3;;1H. The lowest BCUT2D eigenvalue weighted by Gasteiger charge is -2.19. The van der Waals surface area contributed by atoms with Gasteiger partial charge in [0.05, 0.1) is 11.1 Å². The summed E-state index contributed by atoms with van der Waals surface area (Å²) in [5.41, 5.74) is 12.0. The van der Waals surface area contributed by atoms with E-state index >= 15 is 0 Å². The van der Waals surface area contributed by atoms with Crippen molar-refractivity contribution < 1.29 is 27.4 Å². The van der Waals surface area contributed by atoms with Crippen molar-refractivity contribution in [2.45, 2.75) is 27.7 Å². The number of aryl methyl sites for hydroxylation is 4. The number of ether oxygens (including phenoxy) is 1. The van der Waals surface area contributed by atoms with Gasteiger partial charge in [-0.25, -0.2) is 4.99 Å². The maximum atomic E-state index is 9.67. The van der Waals surface area contributed by atoms with Gasteiger partial charge in [-0.05, 0) is 97.5 Å². The minimum absolute atomic E-state index is 0.